The molecule has 0 atom stereocenters. The Morgan fingerprint density at radius 3 is 1.09 bits per heavy atom. The third kappa shape index (κ3) is 6.99. The smallest absolute Gasteiger partial charge is 0.164 e. The summed E-state index contributed by atoms with van der Waals surface area (Å²) in [4.78, 5) is 30.8. The molecule has 0 spiro atoms. The maximum atomic E-state index is 5.57. The first kappa shape index (κ1) is 34.3. The minimum Gasteiger partial charge on any atom is -0.258 e. The molecule has 0 unspecified atom stereocenters. The van der Waals surface area contributed by atoms with Crippen LogP contribution in [0.4, 0.5) is 0 Å². The average molecular weight is 721 g/mol. The van der Waals surface area contributed by atoms with E-state index in [-0.39, 0.29) is 0 Å². The first-order valence-electron chi connectivity index (χ1n) is 18.6. The highest BCUT2D eigenvalue weighted by Crippen LogP contribution is 2.39. The van der Waals surface area contributed by atoms with Crippen molar-refractivity contribution >= 4 is 0 Å². The van der Waals surface area contributed by atoms with Crippen LogP contribution in [-0.2, 0) is 0 Å². The molecule has 3 heterocycles. The van der Waals surface area contributed by atoms with Gasteiger partial charge in [-0.3, -0.25) is 4.98 Å². The van der Waals surface area contributed by atoms with Gasteiger partial charge in [-0.25, -0.2) is 24.9 Å². The molecule has 0 saturated carbocycles. The summed E-state index contributed by atoms with van der Waals surface area (Å²) in [6.07, 6.45) is 0. The normalized spacial score (nSPS) is 11.0. The minimum atomic E-state index is 0.574. The van der Waals surface area contributed by atoms with E-state index in [4.69, 9.17) is 29.9 Å². The molecule has 3 aromatic heterocycles. The number of rotatable bonds is 8. The molecule has 56 heavy (non-hydrogen) atoms. The molecule has 9 rings (SSSR count). The number of hydrogen-bond acceptors (Lipinski definition) is 6. The molecule has 0 fully saturated rings. The second kappa shape index (κ2) is 15.1. The highest BCUT2D eigenvalue weighted by Gasteiger charge is 2.21. The van der Waals surface area contributed by atoms with Gasteiger partial charge in [0.05, 0.1) is 22.8 Å². The van der Waals surface area contributed by atoms with Crippen LogP contribution in [0.3, 0.4) is 0 Å². The lowest BCUT2D eigenvalue weighted by Crippen LogP contribution is -2.02. The third-order valence-corrected chi connectivity index (χ3v) is 9.76. The van der Waals surface area contributed by atoms with Crippen LogP contribution in [0.5, 0.6) is 0 Å². The Hall–Kier alpha value is -7.44. The van der Waals surface area contributed by atoms with Gasteiger partial charge >= 0.3 is 0 Å². The van der Waals surface area contributed by atoms with E-state index in [1.807, 2.05) is 116 Å². The lowest BCUT2D eigenvalue weighted by atomic mass is 9.96. The fourth-order valence-corrected chi connectivity index (χ4v) is 7.00. The Bertz CT molecular complexity index is 2750. The number of aryl methyl sites for hydroxylation is 2. The van der Waals surface area contributed by atoms with Crippen molar-refractivity contribution in [2.24, 2.45) is 0 Å². The molecular formula is C50H36N6. The molecule has 6 nitrogen and oxygen atoms in total. The van der Waals surface area contributed by atoms with E-state index in [1.54, 1.807) is 0 Å². The van der Waals surface area contributed by atoms with Gasteiger partial charge in [0, 0.05) is 55.9 Å². The van der Waals surface area contributed by atoms with Crippen LogP contribution < -0.4 is 0 Å². The summed E-state index contributed by atoms with van der Waals surface area (Å²) in [5.74, 6) is 1.79. The van der Waals surface area contributed by atoms with Crippen LogP contribution in [0, 0.1) is 13.8 Å². The fraction of sp³-hybridized carbons (Fsp3) is 0.0400. The van der Waals surface area contributed by atoms with E-state index in [0.717, 1.165) is 84.2 Å². The summed E-state index contributed by atoms with van der Waals surface area (Å²) >= 11 is 0. The van der Waals surface area contributed by atoms with Gasteiger partial charge in [0.2, 0.25) is 0 Å². The zero-order valence-electron chi connectivity index (χ0n) is 31.0. The van der Waals surface area contributed by atoms with Crippen molar-refractivity contribution < 1.29 is 0 Å². The van der Waals surface area contributed by atoms with Crippen LogP contribution in [0.1, 0.15) is 11.4 Å². The predicted octanol–water partition coefficient (Wildman–Crippen LogP) is 12.0. The maximum absolute atomic E-state index is 5.57. The molecule has 0 amide bonds. The maximum Gasteiger partial charge on any atom is 0.164 e. The van der Waals surface area contributed by atoms with Crippen LogP contribution in [0.2, 0.25) is 0 Å². The second-order valence-corrected chi connectivity index (χ2v) is 13.6. The Morgan fingerprint density at radius 2 is 0.625 bits per heavy atom. The molecule has 0 radical (unpaired) electrons. The van der Waals surface area contributed by atoms with E-state index < -0.39 is 0 Å². The number of hydrogen-bond donors (Lipinski definition) is 0. The van der Waals surface area contributed by atoms with Gasteiger partial charge in [0.1, 0.15) is 0 Å². The number of benzene rings is 6. The minimum absolute atomic E-state index is 0.574. The molecule has 0 N–H and O–H groups in total. The highest BCUT2D eigenvalue weighted by atomic mass is 15.0. The van der Waals surface area contributed by atoms with Gasteiger partial charge in [-0.15, -0.1) is 0 Å². The largest absolute Gasteiger partial charge is 0.258 e. The summed E-state index contributed by atoms with van der Waals surface area (Å²) in [6.45, 7) is 4.08. The molecular weight excluding hydrogens is 685 g/mol. The topological polar surface area (TPSA) is 77.3 Å². The molecule has 6 heteroatoms. The van der Waals surface area contributed by atoms with E-state index in [0.29, 0.717) is 17.5 Å². The first-order chi connectivity index (χ1) is 27.6. The van der Waals surface area contributed by atoms with Crippen LogP contribution in [-0.4, -0.2) is 29.9 Å². The standard InChI is InChI=1S/C50H36N6/c1-33-29-30-43(34(2)51-33)39-25-15-26-40(31-39)46-44(35-17-7-3-8-18-35)52-45(36-19-9-4-10-20-36)47(53-46)41-27-16-28-42(32-41)50-55-48(37-21-11-5-12-22-37)54-49(56-50)38-23-13-6-14-24-38/h3-32H,1-2H3. The second-order valence-electron chi connectivity index (χ2n) is 13.6. The Balaban J connectivity index is 1.26. The zero-order chi connectivity index (χ0) is 37.8. The van der Waals surface area contributed by atoms with Crippen LogP contribution >= 0.6 is 0 Å². The molecule has 6 aromatic carbocycles. The molecule has 9 aromatic rings. The van der Waals surface area contributed by atoms with Crippen molar-refractivity contribution in [3.05, 3.63) is 193 Å². The van der Waals surface area contributed by atoms with Crippen molar-refractivity contribution in [3.8, 4) is 90.3 Å². The van der Waals surface area contributed by atoms with Crippen molar-refractivity contribution in [2.75, 3.05) is 0 Å². The summed E-state index contributed by atoms with van der Waals surface area (Å²) in [5, 5.41) is 0. The van der Waals surface area contributed by atoms with Gasteiger partial charge in [0.25, 0.3) is 0 Å². The predicted molar refractivity (Wildman–Crippen MR) is 226 cm³/mol. The lowest BCUT2D eigenvalue weighted by Gasteiger charge is -2.17. The van der Waals surface area contributed by atoms with Crippen molar-refractivity contribution in [1.29, 1.82) is 0 Å². The molecule has 0 aliphatic carbocycles. The summed E-state index contributed by atoms with van der Waals surface area (Å²) in [5.41, 5.74) is 13.8. The van der Waals surface area contributed by atoms with E-state index in [9.17, 15) is 0 Å². The van der Waals surface area contributed by atoms with Gasteiger partial charge in [-0.2, -0.15) is 0 Å². The molecule has 0 aliphatic heterocycles. The van der Waals surface area contributed by atoms with Crippen molar-refractivity contribution in [1.82, 2.24) is 29.9 Å². The van der Waals surface area contributed by atoms with Gasteiger partial charge in [0.15, 0.2) is 17.5 Å². The third-order valence-electron chi connectivity index (χ3n) is 9.76. The first-order valence-corrected chi connectivity index (χ1v) is 18.6. The lowest BCUT2D eigenvalue weighted by molar-refractivity contribution is 1.07. The summed E-state index contributed by atoms with van der Waals surface area (Å²) in [6, 6.07) is 61.6. The van der Waals surface area contributed by atoms with Crippen molar-refractivity contribution in [2.45, 2.75) is 13.8 Å². The summed E-state index contributed by atoms with van der Waals surface area (Å²) in [7, 11) is 0. The van der Waals surface area contributed by atoms with E-state index in [2.05, 4.69) is 79.7 Å². The van der Waals surface area contributed by atoms with Crippen molar-refractivity contribution in [3.63, 3.8) is 0 Å². The van der Waals surface area contributed by atoms with Crippen LogP contribution in [0.15, 0.2) is 182 Å². The van der Waals surface area contributed by atoms with Gasteiger partial charge in [-0.1, -0.05) is 164 Å². The Labute approximate surface area is 326 Å². The molecule has 0 aliphatic rings. The van der Waals surface area contributed by atoms with Gasteiger partial charge < -0.3 is 0 Å². The Kier molecular flexibility index (Phi) is 9.27. The van der Waals surface area contributed by atoms with E-state index >= 15 is 0 Å². The van der Waals surface area contributed by atoms with Crippen LogP contribution in [0.25, 0.3) is 90.3 Å². The fourth-order valence-electron chi connectivity index (χ4n) is 7.00. The Morgan fingerprint density at radius 1 is 0.268 bits per heavy atom. The summed E-state index contributed by atoms with van der Waals surface area (Å²) < 4.78 is 0. The number of pyridine rings is 1. The SMILES string of the molecule is Cc1ccc(-c2cccc(-c3nc(-c4cccc(-c5nc(-c6ccccc6)nc(-c6ccccc6)n5)c4)c(-c4ccccc4)nc3-c3ccccc3)c2)c(C)n1. The molecule has 266 valence electrons. The quantitative estimate of drug-likeness (QED) is 0.155. The molecule has 0 saturated heterocycles. The highest BCUT2D eigenvalue weighted by molar-refractivity contribution is 5.88. The number of aromatic nitrogens is 6. The van der Waals surface area contributed by atoms with Gasteiger partial charge in [-0.05, 0) is 37.6 Å². The monoisotopic (exact) mass is 720 g/mol. The zero-order valence-corrected chi connectivity index (χ0v) is 31.0. The molecule has 0 bridgehead atoms. The van der Waals surface area contributed by atoms with E-state index in [1.165, 1.54) is 0 Å². The number of nitrogens with zero attached hydrogens (tertiary/aromatic N) is 6. The average Bonchev–Trinajstić information content (AvgIpc) is 3.27.